The molecule has 0 bridgehead atoms. The van der Waals surface area contributed by atoms with Crippen molar-refractivity contribution in [2.24, 2.45) is 0 Å². The molecule has 0 aromatic heterocycles. The lowest BCUT2D eigenvalue weighted by Crippen LogP contribution is -2.35. The van der Waals surface area contributed by atoms with Crippen LogP contribution >= 0.6 is 11.8 Å². The Kier molecular flexibility index (Phi) is 7.97. The molecule has 120 valence electrons. The molecule has 1 N–H and O–H groups in total. The zero-order chi connectivity index (χ0) is 15.7. The zero-order valence-electron chi connectivity index (χ0n) is 14.0. The molecule has 0 aliphatic heterocycles. The third-order valence-corrected chi connectivity index (χ3v) is 3.71. The Bertz CT molecular complexity index is 416. The van der Waals surface area contributed by atoms with Gasteiger partial charge in [-0.15, -0.1) is 0 Å². The highest BCUT2D eigenvalue weighted by Crippen LogP contribution is 2.32. The van der Waals surface area contributed by atoms with Crippen LogP contribution in [0.15, 0.2) is 18.2 Å². The summed E-state index contributed by atoms with van der Waals surface area (Å²) in [4.78, 5) is 0. The molecule has 0 heterocycles. The molecule has 0 spiro atoms. The smallest absolute Gasteiger partial charge is 0.165 e. The third kappa shape index (κ3) is 7.09. The number of ether oxygens (including phenoxy) is 2. The van der Waals surface area contributed by atoms with Crippen LogP contribution in [0.25, 0.3) is 0 Å². The summed E-state index contributed by atoms with van der Waals surface area (Å²) in [5, 5.41) is 3.51. The molecule has 0 aliphatic carbocycles. The molecule has 1 aromatic rings. The van der Waals surface area contributed by atoms with Gasteiger partial charge in [-0.1, -0.05) is 19.1 Å². The van der Waals surface area contributed by atoms with E-state index in [-0.39, 0.29) is 5.54 Å². The maximum atomic E-state index is 6.00. The third-order valence-electron chi connectivity index (χ3n) is 2.85. The number of rotatable bonds is 9. The first-order valence-electron chi connectivity index (χ1n) is 7.68. The van der Waals surface area contributed by atoms with Crippen molar-refractivity contribution in [1.82, 2.24) is 5.32 Å². The minimum Gasteiger partial charge on any atom is -0.490 e. The van der Waals surface area contributed by atoms with Crippen LogP contribution in [0, 0.1) is 0 Å². The maximum absolute atomic E-state index is 6.00. The van der Waals surface area contributed by atoms with Crippen molar-refractivity contribution in [3.63, 3.8) is 0 Å². The lowest BCUT2D eigenvalue weighted by molar-refractivity contribution is 0.285. The average Bonchev–Trinajstić information content (AvgIpc) is 2.42. The quantitative estimate of drug-likeness (QED) is 0.695. The fourth-order valence-corrected chi connectivity index (χ4v) is 2.33. The first-order valence-corrected chi connectivity index (χ1v) is 8.83. The number of hydrogen-bond acceptors (Lipinski definition) is 4. The van der Waals surface area contributed by atoms with E-state index >= 15 is 0 Å². The van der Waals surface area contributed by atoms with E-state index in [0.717, 1.165) is 35.1 Å². The summed E-state index contributed by atoms with van der Waals surface area (Å²) in [6, 6.07) is 6.11. The van der Waals surface area contributed by atoms with E-state index in [1.807, 2.05) is 30.8 Å². The number of benzene rings is 1. The minimum atomic E-state index is 0.0803. The van der Waals surface area contributed by atoms with Gasteiger partial charge in [0.25, 0.3) is 0 Å². The molecule has 0 saturated carbocycles. The Balaban J connectivity index is 2.81. The molecule has 4 heteroatoms. The lowest BCUT2D eigenvalue weighted by Gasteiger charge is -2.22. The molecule has 0 saturated heterocycles. The monoisotopic (exact) mass is 311 g/mol. The van der Waals surface area contributed by atoms with Crippen LogP contribution in [0.5, 0.6) is 11.5 Å². The van der Waals surface area contributed by atoms with Gasteiger partial charge in [-0.3, -0.25) is 0 Å². The highest BCUT2D eigenvalue weighted by atomic mass is 32.2. The van der Waals surface area contributed by atoms with E-state index in [2.05, 4.69) is 39.1 Å². The number of nitrogens with one attached hydrogen (secondary N) is 1. The van der Waals surface area contributed by atoms with Crippen LogP contribution in [0.4, 0.5) is 0 Å². The first-order chi connectivity index (χ1) is 9.98. The summed E-state index contributed by atoms with van der Waals surface area (Å²) in [6.07, 6.45) is 0. The highest BCUT2D eigenvalue weighted by molar-refractivity contribution is 7.99. The highest BCUT2D eigenvalue weighted by Gasteiger charge is 2.14. The van der Waals surface area contributed by atoms with Crippen molar-refractivity contribution >= 4 is 11.8 Å². The van der Waals surface area contributed by atoms with Gasteiger partial charge < -0.3 is 14.8 Å². The zero-order valence-corrected chi connectivity index (χ0v) is 14.8. The number of hydrogen-bond donors (Lipinski definition) is 1. The lowest BCUT2D eigenvalue weighted by atomic mass is 10.1. The van der Waals surface area contributed by atoms with Crippen LogP contribution in [0.1, 0.15) is 40.2 Å². The molecule has 0 amide bonds. The van der Waals surface area contributed by atoms with Crippen LogP contribution in [-0.2, 0) is 6.54 Å². The predicted molar refractivity (Wildman–Crippen MR) is 92.7 cm³/mol. The van der Waals surface area contributed by atoms with Gasteiger partial charge in [-0.05, 0) is 39.5 Å². The molecule has 1 aromatic carbocycles. The predicted octanol–water partition coefficient (Wildman–Crippen LogP) is 4.11. The Morgan fingerprint density at radius 2 is 1.90 bits per heavy atom. The van der Waals surface area contributed by atoms with Gasteiger partial charge in [0.2, 0.25) is 0 Å². The second kappa shape index (κ2) is 9.21. The van der Waals surface area contributed by atoms with E-state index in [9.17, 15) is 0 Å². The van der Waals surface area contributed by atoms with Gasteiger partial charge in [-0.2, -0.15) is 11.8 Å². The summed E-state index contributed by atoms with van der Waals surface area (Å²) in [7, 11) is 0. The van der Waals surface area contributed by atoms with Crippen LogP contribution in [0.3, 0.4) is 0 Å². The van der Waals surface area contributed by atoms with Gasteiger partial charge in [-0.25, -0.2) is 0 Å². The van der Waals surface area contributed by atoms with Crippen molar-refractivity contribution in [3.05, 3.63) is 23.8 Å². The van der Waals surface area contributed by atoms with Crippen LogP contribution in [-0.4, -0.2) is 30.3 Å². The fourth-order valence-electron chi connectivity index (χ4n) is 1.84. The Morgan fingerprint density at radius 3 is 2.52 bits per heavy atom. The molecule has 0 aliphatic rings. The summed E-state index contributed by atoms with van der Waals surface area (Å²) in [6.45, 7) is 12.8. The molecule has 21 heavy (non-hydrogen) atoms. The van der Waals surface area contributed by atoms with E-state index in [1.165, 1.54) is 0 Å². The van der Waals surface area contributed by atoms with Gasteiger partial charge in [0, 0.05) is 23.4 Å². The molecular formula is C17H29NO2S. The largest absolute Gasteiger partial charge is 0.490 e. The van der Waals surface area contributed by atoms with E-state index in [4.69, 9.17) is 9.47 Å². The fraction of sp³-hybridized carbons (Fsp3) is 0.647. The summed E-state index contributed by atoms with van der Waals surface area (Å²) < 4.78 is 11.7. The van der Waals surface area contributed by atoms with E-state index in [0.29, 0.717) is 13.2 Å². The van der Waals surface area contributed by atoms with Crippen molar-refractivity contribution in [1.29, 1.82) is 0 Å². The molecule has 0 fully saturated rings. The van der Waals surface area contributed by atoms with Gasteiger partial charge in [0.05, 0.1) is 13.2 Å². The normalized spacial score (nSPS) is 11.5. The summed E-state index contributed by atoms with van der Waals surface area (Å²) in [5.74, 6) is 3.85. The first kappa shape index (κ1) is 18.2. The van der Waals surface area contributed by atoms with Crippen LogP contribution in [0.2, 0.25) is 0 Å². The second-order valence-electron chi connectivity index (χ2n) is 5.83. The number of thioether (sulfide) groups is 1. The Hall–Kier alpha value is -0.870. The van der Waals surface area contributed by atoms with Crippen molar-refractivity contribution in [2.75, 3.05) is 24.7 Å². The molecule has 0 radical (unpaired) electrons. The van der Waals surface area contributed by atoms with Gasteiger partial charge in [0.1, 0.15) is 0 Å². The Labute approximate surface area is 133 Å². The topological polar surface area (TPSA) is 30.5 Å². The molecule has 1 rings (SSSR count). The van der Waals surface area contributed by atoms with Crippen molar-refractivity contribution in [3.8, 4) is 11.5 Å². The molecule has 0 unspecified atom stereocenters. The standard InChI is InChI=1S/C17H29NO2S/c1-6-19-15-10-8-9-14(13-18-17(3,4)5)16(15)20-11-12-21-7-2/h8-10,18H,6-7,11-13H2,1-5H3. The molecular weight excluding hydrogens is 282 g/mol. The van der Waals surface area contributed by atoms with E-state index < -0.39 is 0 Å². The van der Waals surface area contributed by atoms with Crippen molar-refractivity contribution < 1.29 is 9.47 Å². The SMILES string of the molecule is CCOc1cccc(CNC(C)(C)C)c1OCCSCC. The second-order valence-corrected chi connectivity index (χ2v) is 7.22. The maximum Gasteiger partial charge on any atom is 0.165 e. The summed E-state index contributed by atoms with van der Waals surface area (Å²) >= 11 is 1.89. The number of para-hydroxylation sites is 1. The summed E-state index contributed by atoms with van der Waals surface area (Å²) in [5.41, 5.74) is 1.23. The minimum absolute atomic E-state index is 0.0803. The van der Waals surface area contributed by atoms with Gasteiger partial charge >= 0.3 is 0 Å². The molecule has 3 nitrogen and oxygen atoms in total. The average molecular weight is 311 g/mol. The van der Waals surface area contributed by atoms with E-state index in [1.54, 1.807) is 0 Å². The van der Waals surface area contributed by atoms with Gasteiger partial charge in [0.15, 0.2) is 11.5 Å². The molecule has 0 atom stereocenters. The Morgan fingerprint density at radius 1 is 1.14 bits per heavy atom. The van der Waals surface area contributed by atoms with Crippen molar-refractivity contribution in [2.45, 2.75) is 46.7 Å². The van der Waals surface area contributed by atoms with Crippen LogP contribution < -0.4 is 14.8 Å².